The van der Waals surface area contributed by atoms with Gasteiger partial charge in [-0.25, -0.2) is 9.48 Å². The van der Waals surface area contributed by atoms with E-state index in [2.05, 4.69) is 39.4 Å². The van der Waals surface area contributed by atoms with Crippen LogP contribution in [0.4, 0.5) is 0 Å². The van der Waals surface area contributed by atoms with E-state index in [4.69, 9.17) is 0 Å². The molecule has 1 amide bonds. The minimum atomic E-state index is -0.385. The molecule has 2 aromatic rings. The minimum Gasteiger partial charge on any atom is -0.465 e. The molecule has 0 saturated heterocycles. The first-order chi connectivity index (χ1) is 12.4. The Morgan fingerprint density at radius 2 is 1.92 bits per heavy atom. The monoisotopic (exact) mass is 377 g/mol. The number of nitrogens with zero attached hydrogens (tertiary/aromatic N) is 4. The molecule has 1 aromatic heterocycles. The zero-order valence-electron chi connectivity index (χ0n) is 15.3. The first-order valence-electron chi connectivity index (χ1n) is 8.28. The summed E-state index contributed by atoms with van der Waals surface area (Å²) in [5, 5.41) is 14.8. The highest BCUT2D eigenvalue weighted by Crippen LogP contribution is 2.21. The fraction of sp³-hybridized carbons (Fsp3) is 0.471. The Bertz CT molecular complexity index is 745. The minimum absolute atomic E-state index is 0.105. The number of methoxy groups -OCH3 is 1. The van der Waals surface area contributed by atoms with E-state index < -0.39 is 0 Å². The van der Waals surface area contributed by atoms with Gasteiger partial charge in [-0.3, -0.25) is 4.79 Å². The van der Waals surface area contributed by atoms with Gasteiger partial charge < -0.3 is 10.1 Å². The fourth-order valence-electron chi connectivity index (χ4n) is 2.16. The molecule has 0 bridgehead atoms. The standard InChI is InChI=1S/C17H23N5O3S/c1-11(2)10-22-17(19-20-21-22)26-12(3)15(23)18-9-13-5-7-14(8-6-13)16(24)25-4/h5-8,11-12H,9-10H2,1-4H3,(H,18,23)/t12-/m0/s1. The molecular weight excluding hydrogens is 354 g/mol. The number of aromatic nitrogens is 4. The molecule has 140 valence electrons. The predicted molar refractivity (Wildman–Crippen MR) is 97.6 cm³/mol. The van der Waals surface area contributed by atoms with Crippen LogP contribution >= 0.6 is 11.8 Å². The molecule has 1 atom stereocenters. The lowest BCUT2D eigenvalue weighted by atomic mass is 10.1. The molecule has 0 unspecified atom stereocenters. The number of esters is 1. The van der Waals surface area contributed by atoms with Crippen molar-refractivity contribution in [1.29, 1.82) is 0 Å². The van der Waals surface area contributed by atoms with Gasteiger partial charge in [0.2, 0.25) is 11.1 Å². The predicted octanol–water partition coefficient (Wildman–Crippen LogP) is 1.91. The van der Waals surface area contributed by atoms with E-state index in [-0.39, 0.29) is 17.1 Å². The summed E-state index contributed by atoms with van der Waals surface area (Å²) >= 11 is 1.33. The third-order valence-electron chi connectivity index (χ3n) is 3.53. The number of thioether (sulfide) groups is 1. The summed E-state index contributed by atoms with van der Waals surface area (Å²) in [5.41, 5.74) is 1.37. The number of nitrogens with one attached hydrogen (secondary N) is 1. The Kier molecular flexibility index (Phi) is 7.14. The maximum atomic E-state index is 12.3. The molecule has 1 N–H and O–H groups in total. The van der Waals surface area contributed by atoms with Crippen molar-refractivity contribution < 1.29 is 14.3 Å². The summed E-state index contributed by atoms with van der Waals surface area (Å²) in [6, 6.07) is 6.91. The number of carbonyl (C=O) groups excluding carboxylic acids is 2. The van der Waals surface area contributed by atoms with Gasteiger partial charge in [-0.05, 0) is 41.0 Å². The first kappa shape index (κ1) is 19.9. The summed E-state index contributed by atoms with van der Waals surface area (Å²) in [4.78, 5) is 23.7. The van der Waals surface area contributed by atoms with Crippen LogP contribution < -0.4 is 5.32 Å². The molecule has 8 nitrogen and oxygen atoms in total. The smallest absolute Gasteiger partial charge is 0.337 e. The molecule has 0 aliphatic carbocycles. The van der Waals surface area contributed by atoms with Crippen molar-refractivity contribution in [1.82, 2.24) is 25.5 Å². The largest absolute Gasteiger partial charge is 0.465 e. The van der Waals surface area contributed by atoms with E-state index in [0.717, 1.165) is 5.56 Å². The normalized spacial score (nSPS) is 12.0. The number of hydrogen-bond donors (Lipinski definition) is 1. The Balaban J connectivity index is 1.87. The lowest BCUT2D eigenvalue weighted by Gasteiger charge is -2.12. The number of amides is 1. The van der Waals surface area contributed by atoms with Gasteiger partial charge in [0.25, 0.3) is 0 Å². The van der Waals surface area contributed by atoms with Crippen LogP contribution in [0.3, 0.4) is 0 Å². The van der Waals surface area contributed by atoms with Gasteiger partial charge in [0.15, 0.2) is 0 Å². The van der Waals surface area contributed by atoms with Crippen molar-refractivity contribution in [2.45, 2.75) is 44.3 Å². The lowest BCUT2D eigenvalue weighted by Crippen LogP contribution is -2.30. The van der Waals surface area contributed by atoms with Gasteiger partial charge in [0, 0.05) is 13.1 Å². The summed E-state index contributed by atoms with van der Waals surface area (Å²) in [5.74, 6) is -0.0780. The maximum absolute atomic E-state index is 12.3. The van der Waals surface area contributed by atoms with E-state index in [1.807, 2.05) is 6.92 Å². The topological polar surface area (TPSA) is 99.0 Å². The number of hydrogen-bond acceptors (Lipinski definition) is 7. The second-order valence-corrected chi connectivity index (χ2v) is 7.51. The van der Waals surface area contributed by atoms with E-state index >= 15 is 0 Å². The quantitative estimate of drug-likeness (QED) is 0.554. The maximum Gasteiger partial charge on any atom is 0.337 e. The molecule has 0 spiro atoms. The molecule has 1 heterocycles. The molecule has 0 saturated carbocycles. The van der Waals surface area contributed by atoms with Crippen LogP contribution in [0.2, 0.25) is 0 Å². The molecular formula is C17H23N5O3S. The second kappa shape index (κ2) is 9.33. The van der Waals surface area contributed by atoms with Gasteiger partial charge in [-0.2, -0.15) is 0 Å². The highest BCUT2D eigenvalue weighted by molar-refractivity contribution is 8.00. The zero-order chi connectivity index (χ0) is 19.1. The van der Waals surface area contributed by atoms with Crippen molar-refractivity contribution in [3.63, 3.8) is 0 Å². The van der Waals surface area contributed by atoms with E-state index in [9.17, 15) is 9.59 Å². The van der Waals surface area contributed by atoms with Crippen LogP contribution in [-0.2, 0) is 22.6 Å². The van der Waals surface area contributed by atoms with Crippen LogP contribution in [0, 0.1) is 5.92 Å². The Hall–Kier alpha value is -2.42. The third-order valence-corrected chi connectivity index (χ3v) is 4.60. The van der Waals surface area contributed by atoms with Crippen LogP contribution in [0.5, 0.6) is 0 Å². The summed E-state index contributed by atoms with van der Waals surface area (Å²) in [6.45, 7) is 7.06. The van der Waals surface area contributed by atoms with Crippen LogP contribution in [-0.4, -0.2) is 44.4 Å². The van der Waals surface area contributed by atoms with Gasteiger partial charge in [-0.1, -0.05) is 37.7 Å². The summed E-state index contributed by atoms with van der Waals surface area (Å²) < 4.78 is 6.37. The number of carbonyl (C=O) groups is 2. The highest BCUT2D eigenvalue weighted by atomic mass is 32.2. The molecule has 0 aliphatic rings. The van der Waals surface area contributed by atoms with E-state index in [1.54, 1.807) is 28.9 Å². The van der Waals surface area contributed by atoms with Gasteiger partial charge in [0.05, 0.1) is 17.9 Å². The summed E-state index contributed by atoms with van der Waals surface area (Å²) in [6.07, 6.45) is 0. The van der Waals surface area contributed by atoms with Crippen molar-refractivity contribution in [3.05, 3.63) is 35.4 Å². The van der Waals surface area contributed by atoms with Gasteiger partial charge in [0.1, 0.15) is 0 Å². The van der Waals surface area contributed by atoms with Gasteiger partial charge >= 0.3 is 5.97 Å². The summed E-state index contributed by atoms with van der Waals surface area (Å²) in [7, 11) is 1.34. The zero-order valence-corrected chi connectivity index (χ0v) is 16.1. The molecule has 0 aliphatic heterocycles. The first-order valence-corrected chi connectivity index (χ1v) is 9.16. The van der Waals surface area contributed by atoms with E-state index in [0.29, 0.717) is 29.7 Å². The number of rotatable bonds is 8. The number of ether oxygens (including phenoxy) is 1. The molecule has 1 aromatic carbocycles. The van der Waals surface area contributed by atoms with Crippen molar-refractivity contribution in [2.75, 3.05) is 7.11 Å². The highest BCUT2D eigenvalue weighted by Gasteiger charge is 2.18. The van der Waals surface area contributed by atoms with Crippen molar-refractivity contribution in [2.24, 2.45) is 5.92 Å². The number of benzene rings is 1. The van der Waals surface area contributed by atoms with Crippen LogP contribution in [0.25, 0.3) is 0 Å². The SMILES string of the molecule is COC(=O)c1ccc(CNC(=O)[C@H](C)Sc2nnnn2CC(C)C)cc1. The van der Waals surface area contributed by atoms with Crippen LogP contribution in [0.1, 0.15) is 36.7 Å². The molecule has 0 radical (unpaired) electrons. The van der Waals surface area contributed by atoms with Crippen LogP contribution in [0.15, 0.2) is 29.4 Å². The average molecular weight is 377 g/mol. The third kappa shape index (κ3) is 5.55. The van der Waals surface area contributed by atoms with Crippen molar-refractivity contribution in [3.8, 4) is 0 Å². The second-order valence-electron chi connectivity index (χ2n) is 6.20. The molecule has 2 rings (SSSR count). The molecule has 9 heteroatoms. The number of tetrazole rings is 1. The fourth-order valence-corrected chi connectivity index (χ4v) is 2.99. The van der Waals surface area contributed by atoms with Crippen molar-refractivity contribution >= 4 is 23.6 Å². The van der Waals surface area contributed by atoms with E-state index in [1.165, 1.54) is 18.9 Å². The van der Waals surface area contributed by atoms with Gasteiger partial charge in [-0.15, -0.1) is 5.10 Å². The lowest BCUT2D eigenvalue weighted by molar-refractivity contribution is -0.120. The average Bonchev–Trinajstić information content (AvgIpc) is 3.05. The Morgan fingerprint density at radius 1 is 1.23 bits per heavy atom. The Labute approximate surface area is 156 Å². The molecule has 0 fully saturated rings. The molecule has 26 heavy (non-hydrogen) atoms. The Morgan fingerprint density at radius 3 is 2.54 bits per heavy atom.